The maximum Gasteiger partial charge on any atom is 0.231 e. The van der Waals surface area contributed by atoms with E-state index >= 15 is 0 Å². The van der Waals surface area contributed by atoms with Crippen molar-refractivity contribution in [1.82, 2.24) is 14.9 Å². The van der Waals surface area contributed by atoms with Crippen molar-refractivity contribution in [2.75, 3.05) is 11.9 Å². The van der Waals surface area contributed by atoms with E-state index in [0.717, 1.165) is 16.3 Å². The van der Waals surface area contributed by atoms with Gasteiger partial charge in [0.25, 0.3) is 0 Å². The molecule has 1 fully saturated rings. The number of pyridine rings is 1. The Morgan fingerprint density at radius 3 is 2.83 bits per heavy atom. The van der Waals surface area contributed by atoms with Gasteiger partial charge in [0.1, 0.15) is 0 Å². The lowest BCUT2D eigenvalue weighted by Crippen LogP contribution is -2.33. The van der Waals surface area contributed by atoms with Gasteiger partial charge in [-0.25, -0.2) is 4.98 Å². The second kappa shape index (κ2) is 6.68. The van der Waals surface area contributed by atoms with Crippen molar-refractivity contribution in [3.63, 3.8) is 0 Å². The van der Waals surface area contributed by atoms with Crippen LogP contribution < -0.4 is 5.32 Å². The van der Waals surface area contributed by atoms with E-state index in [-0.39, 0.29) is 30.2 Å². The molecule has 1 saturated heterocycles. The molecule has 2 amide bonds. The van der Waals surface area contributed by atoms with Crippen molar-refractivity contribution in [2.24, 2.45) is 5.92 Å². The molecule has 0 aliphatic carbocycles. The zero-order valence-electron chi connectivity index (χ0n) is 13.9. The number of amides is 2. The number of likely N-dealkylation sites (tertiary alicyclic amines) is 1. The van der Waals surface area contributed by atoms with Gasteiger partial charge in [0.2, 0.25) is 11.8 Å². The molecular formula is C17H20N4O2S. The molecule has 1 aliphatic rings. The van der Waals surface area contributed by atoms with Crippen LogP contribution in [0.25, 0.3) is 10.6 Å². The number of rotatable bonds is 4. The molecule has 0 bridgehead atoms. The van der Waals surface area contributed by atoms with Gasteiger partial charge in [-0.05, 0) is 32.9 Å². The van der Waals surface area contributed by atoms with Gasteiger partial charge in [0, 0.05) is 25.2 Å². The first kappa shape index (κ1) is 16.6. The van der Waals surface area contributed by atoms with Crippen LogP contribution in [0.15, 0.2) is 24.4 Å². The Morgan fingerprint density at radius 2 is 2.21 bits per heavy atom. The smallest absolute Gasteiger partial charge is 0.231 e. The number of carbonyl (C=O) groups excluding carboxylic acids is 2. The fourth-order valence-electron chi connectivity index (χ4n) is 2.80. The van der Waals surface area contributed by atoms with Crippen molar-refractivity contribution in [3.8, 4) is 10.6 Å². The summed E-state index contributed by atoms with van der Waals surface area (Å²) in [5.41, 5.74) is 1.68. The van der Waals surface area contributed by atoms with Gasteiger partial charge in [-0.2, -0.15) is 0 Å². The van der Waals surface area contributed by atoms with Gasteiger partial charge in [-0.15, -0.1) is 0 Å². The molecule has 24 heavy (non-hydrogen) atoms. The summed E-state index contributed by atoms with van der Waals surface area (Å²) in [7, 11) is 0. The van der Waals surface area contributed by atoms with Crippen molar-refractivity contribution in [3.05, 3.63) is 30.1 Å². The Hall–Kier alpha value is -2.28. The molecule has 7 heteroatoms. The number of anilines is 1. The summed E-state index contributed by atoms with van der Waals surface area (Å²) in [5, 5.41) is 3.41. The molecule has 1 N–H and O–H groups in total. The van der Waals surface area contributed by atoms with Gasteiger partial charge in [0.15, 0.2) is 5.13 Å². The number of carbonyl (C=O) groups is 2. The average molecular weight is 344 g/mol. The quantitative estimate of drug-likeness (QED) is 0.925. The number of thiazole rings is 1. The molecule has 3 heterocycles. The lowest BCUT2D eigenvalue weighted by atomic mass is 10.1. The van der Waals surface area contributed by atoms with Crippen LogP contribution in [0.4, 0.5) is 5.13 Å². The Balaban J connectivity index is 1.71. The van der Waals surface area contributed by atoms with Crippen LogP contribution in [-0.2, 0) is 9.59 Å². The minimum Gasteiger partial charge on any atom is -0.339 e. The predicted octanol–water partition coefficient (Wildman–Crippen LogP) is 2.71. The maximum atomic E-state index is 12.4. The van der Waals surface area contributed by atoms with Crippen molar-refractivity contribution >= 4 is 28.3 Å². The first-order valence-electron chi connectivity index (χ1n) is 7.95. The molecule has 126 valence electrons. The molecule has 0 radical (unpaired) electrons. The molecule has 6 nitrogen and oxygen atoms in total. The third-order valence-electron chi connectivity index (χ3n) is 4.08. The molecule has 0 aromatic carbocycles. The molecule has 1 aliphatic heterocycles. The van der Waals surface area contributed by atoms with Gasteiger partial charge < -0.3 is 10.2 Å². The van der Waals surface area contributed by atoms with Crippen LogP contribution >= 0.6 is 11.3 Å². The van der Waals surface area contributed by atoms with E-state index in [1.54, 1.807) is 11.1 Å². The van der Waals surface area contributed by atoms with Crippen molar-refractivity contribution in [1.29, 1.82) is 0 Å². The fraction of sp³-hybridized carbons (Fsp3) is 0.412. The molecule has 0 spiro atoms. The average Bonchev–Trinajstić information content (AvgIpc) is 3.11. The number of nitrogens with zero attached hydrogens (tertiary/aromatic N) is 3. The number of hydrogen-bond acceptors (Lipinski definition) is 5. The molecule has 0 saturated carbocycles. The minimum atomic E-state index is -0.317. The second-order valence-electron chi connectivity index (χ2n) is 6.18. The molecule has 1 unspecified atom stereocenters. The highest BCUT2D eigenvalue weighted by Gasteiger charge is 2.35. The predicted molar refractivity (Wildman–Crippen MR) is 93.7 cm³/mol. The summed E-state index contributed by atoms with van der Waals surface area (Å²) in [5.74, 6) is -0.426. The zero-order valence-corrected chi connectivity index (χ0v) is 14.8. The van der Waals surface area contributed by atoms with Crippen LogP contribution in [0.5, 0.6) is 0 Å². The fourth-order valence-corrected chi connectivity index (χ4v) is 3.74. The normalized spacial score (nSPS) is 17.6. The summed E-state index contributed by atoms with van der Waals surface area (Å²) in [4.78, 5) is 35.8. The molecule has 1 atom stereocenters. The summed E-state index contributed by atoms with van der Waals surface area (Å²) >= 11 is 1.40. The van der Waals surface area contributed by atoms with E-state index in [0.29, 0.717) is 11.7 Å². The van der Waals surface area contributed by atoms with E-state index in [9.17, 15) is 9.59 Å². The van der Waals surface area contributed by atoms with Crippen LogP contribution in [0.2, 0.25) is 0 Å². The van der Waals surface area contributed by atoms with E-state index in [1.165, 1.54) is 11.3 Å². The van der Waals surface area contributed by atoms with Crippen LogP contribution in [-0.4, -0.2) is 39.3 Å². The second-order valence-corrected chi connectivity index (χ2v) is 7.18. The number of aromatic nitrogens is 2. The van der Waals surface area contributed by atoms with Gasteiger partial charge in [-0.3, -0.25) is 14.6 Å². The van der Waals surface area contributed by atoms with E-state index in [1.807, 2.05) is 39.0 Å². The van der Waals surface area contributed by atoms with Crippen molar-refractivity contribution < 1.29 is 9.59 Å². The lowest BCUT2D eigenvalue weighted by molar-refractivity contribution is -0.129. The SMILES string of the molecule is Cc1nc(NC(=O)C2CC(=O)N(C(C)C)C2)sc1-c1ccccn1. The van der Waals surface area contributed by atoms with Crippen molar-refractivity contribution in [2.45, 2.75) is 33.2 Å². The van der Waals surface area contributed by atoms with Gasteiger partial charge >= 0.3 is 0 Å². The van der Waals surface area contributed by atoms with Crippen LogP contribution in [0, 0.1) is 12.8 Å². The first-order valence-corrected chi connectivity index (χ1v) is 8.76. The lowest BCUT2D eigenvalue weighted by Gasteiger charge is -2.20. The Bertz CT molecular complexity index is 757. The number of hydrogen-bond donors (Lipinski definition) is 1. The largest absolute Gasteiger partial charge is 0.339 e. The van der Waals surface area contributed by atoms with E-state index in [2.05, 4.69) is 15.3 Å². The number of nitrogens with one attached hydrogen (secondary N) is 1. The monoisotopic (exact) mass is 344 g/mol. The topological polar surface area (TPSA) is 75.2 Å². The standard InChI is InChI=1S/C17H20N4O2S/c1-10(2)21-9-12(8-14(21)22)16(23)20-17-19-11(3)15(24-17)13-6-4-5-7-18-13/h4-7,10,12H,8-9H2,1-3H3,(H,19,20,23). The van der Waals surface area contributed by atoms with Gasteiger partial charge in [0.05, 0.1) is 22.2 Å². The third-order valence-corrected chi connectivity index (χ3v) is 5.17. The highest BCUT2D eigenvalue weighted by atomic mass is 32.1. The molecule has 2 aromatic rings. The van der Waals surface area contributed by atoms with Gasteiger partial charge in [-0.1, -0.05) is 17.4 Å². The van der Waals surface area contributed by atoms with E-state index in [4.69, 9.17) is 0 Å². The Kier molecular flexibility index (Phi) is 4.62. The maximum absolute atomic E-state index is 12.4. The Morgan fingerprint density at radius 1 is 1.42 bits per heavy atom. The summed E-state index contributed by atoms with van der Waals surface area (Å²) in [6.45, 7) is 6.29. The molecule has 2 aromatic heterocycles. The first-order chi connectivity index (χ1) is 11.5. The van der Waals surface area contributed by atoms with E-state index < -0.39 is 0 Å². The Labute approximate surface area is 144 Å². The zero-order chi connectivity index (χ0) is 17.3. The van der Waals surface area contributed by atoms with Crippen LogP contribution in [0.3, 0.4) is 0 Å². The highest BCUT2D eigenvalue weighted by molar-refractivity contribution is 7.19. The number of aryl methyl sites for hydroxylation is 1. The summed E-state index contributed by atoms with van der Waals surface area (Å²) < 4.78 is 0. The highest BCUT2D eigenvalue weighted by Crippen LogP contribution is 2.32. The molecule has 3 rings (SSSR count). The van der Waals surface area contributed by atoms with Crippen LogP contribution in [0.1, 0.15) is 26.0 Å². The summed E-state index contributed by atoms with van der Waals surface area (Å²) in [6, 6.07) is 5.82. The minimum absolute atomic E-state index is 0.0367. The summed E-state index contributed by atoms with van der Waals surface area (Å²) in [6.07, 6.45) is 2.00. The third kappa shape index (κ3) is 3.31. The molecular weight excluding hydrogens is 324 g/mol.